The van der Waals surface area contributed by atoms with Crippen LogP contribution in [0, 0.1) is 0 Å². The number of amides is 1. The first kappa shape index (κ1) is 21.6. The average Bonchev–Trinajstić information content (AvgIpc) is 3.26. The molecule has 1 amide bonds. The van der Waals surface area contributed by atoms with Crippen LogP contribution < -0.4 is 10.9 Å². The molecule has 4 rings (SSSR count). The van der Waals surface area contributed by atoms with E-state index in [1.54, 1.807) is 6.07 Å². The number of nitrogens with zero attached hydrogens (tertiary/aromatic N) is 3. The largest absolute Gasteiger partial charge is 0.350 e. The van der Waals surface area contributed by atoms with Crippen LogP contribution in [0.15, 0.2) is 77.6 Å². The van der Waals surface area contributed by atoms with Gasteiger partial charge in [-0.25, -0.2) is 9.67 Å². The van der Waals surface area contributed by atoms with E-state index in [9.17, 15) is 9.59 Å². The van der Waals surface area contributed by atoms with E-state index in [1.807, 2.05) is 74.5 Å². The van der Waals surface area contributed by atoms with Gasteiger partial charge in [-0.1, -0.05) is 60.7 Å². The molecular weight excluding hydrogens is 420 g/mol. The van der Waals surface area contributed by atoms with E-state index < -0.39 is 0 Å². The highest BCUT2D eigenvalue weighted by atomic mass is 32.1. The van der Waals surface area contributed by atoms with Gasteiger partial charge in [-0.3, -0.25) is 9.59 Å². The van der Waals surface area contributed by atoms with Crippen LogP contribution in [0.25, 0.3) is 21.8 Å². The highest BCUT2D eigenvalue weighted by Crippen LogP contribution is 2.35. The molecule has 2 aromatic heterocycles. The Hall–Kier alpha value is -3.58. The smallest absolute Gasteiger partial charge is 0.280 e. The van der Waals surface area contributed by atoms with E-state index in [0.29, 0.717) is 22.9 Å². The minimum absolute atomic E-state index is 0.0729. The van der Waals surface area contributed by atoms with Crippen LogP contribution in [0.1, 0.15) is 35.3 Å². The fraction of sp³-hybridized carbons (Fsp3) is 0.200. The van der Waals surface area contributed by atoms with Gasteiger partial charge in [0.25, 0.3) is 11.5 Å². The van der Waals surface area contributed by atoms with Crippen molar-refractivity contribution in [2.24, 2.45) is 0 Å². The van der Waals surface area contributed by atoms with Crippen LogP contribution in [0.4, 0.5) is 0 Å². The highest BCUT2D eigenvalue weighted by Gasteiger charge is 2.21. The molecule has 0 saturated carbocycles. The third kappa shape index (κ3) is 4.84. The van der Waals surface area contributed by atoms with Gasteiger partial charge >= 0.3 is 0 Å². The minimum Gasteiger partial charge on any atom is -0.350 e. The minimum atomic E-state index is -0.216. The first-order valence-electron chi connectivity index (χ1n) is 10.5. The Morgan fingerprint density at radius 1 is 1.00 bits per heavy atom. The van der Waals surface area contributed by atoms with Crippen molar-refractivity contribution >= 4 is 17.2 Å². The Morgan fingerprint density at radius 3 is 2.38 bits per heavy atom. The second-order valence-electron chi connectivity index (χ2n) is 7.65. The van der Waals surface area contributed by atoms with Crippen LogP contribution in [-0.4, -0.2) is 27.2 Å². The molecule has 162 valence electrons. The lowest BCUT2D eigenvalue weighted by Crippen LogP contribution is -2.25. The molecule has 2 heterocycles. The van der Waals surface area contributed by atoms with Crippen LogP contribution in [0.5, 0.6) is 0 Å². The molecule has 0 atom stereocenters. The van der Waals surface area contributed by atoms with Gasteiger partial charge in [0, 0.05) is 18.2 Å². The number of aromatic nitrogens is 3. The summed E-state index contributed by atoms with van der Waals surface area (Å²) in [7, 11) is 0. The molecule has 1 N–H and O–H groups in total. The van der Waals surface area contributed by atoms with Gasteiger partial charge in [0.1, 0.15) is 5.69 Å². The summed E-state index contributed by atoms with van der Waals surface area (Å²) in [4.78, 5) is 30.4. The first-order chi connectivity index (χ1) is 15.5. The Labute approximate surface area is 190 Å². The Morgan fingerprint density at radius 2 is 1.69 bits per heavy atom. The van der Waals surface area contributed by atoms with Crippen molar-refractivity contribution in [2.45, 2.75) is 26.3 Å². The second-order valence-corrected chi connectivity index (χ2v) is 8.65. The zero-order valence-electron chi connectivity index (χ0n) is 18.0. The quantitative estimate of drug-likeness (QED) is 0.452. The summed E-state index contributed by atoms with van der Waals surface area (Å²) in [5.74, 6) is -0.216. The van der Waals surface area contributed by atoms with Crippen LogP contribution in [-0.2, 0) is 6.42 Å². The summed E-state index contributed by atoms with van der Waals surface area (Å²) >= 11 is 1.29. The molecule has 0 aliphatic carbocycles. The fourth-order valence-corrected chi connectivity index (χ4v) is 4.31. The molecule has 0 bridgehead atoms. The van der Waals surface area contributed by atoms with Crippen LogP contribution >= 0.6 is 11.3 Å². The predicted molar refractivity (Wildman–Crippen MR) is 128 cm³/mol. The zero-order chi connectivity index (χ0) is 22.5. The average molecular weight is 445 g/mol. The third-order valence-corrected chi connectivity index (χ3v) is 6.03. The Balaban J connectivity index is 1.65. The summed E-state index contributed by atoms with van der Waals surface area (Å²) in [6, 6.07) is 22.9. The normalized spacial score (nSPS) is 11.0. The summed E-state index contributed by atoms with van der Waals surface area (Å²) in [5, 5.41) is 7.88. The summed E-state index contributed by atoms with van der Waals surface area (Å²) < 4.78 is 1.45. The second kappa shape index (κ2) is 9.70. The fourth-order valence-electron chi connectivity index (χ4n) is 3.34. The number of carbonyl (C=O) groups excluding carboxylic acids is 1. The molecule has 4 aromatic rings. The number of thiazole rings is 1. The van der Waals surface area contributed by atoms with Gasteiger partial charge in [-0.2, -0.15) is 5.10 Å². The number of hydrogen-bond donors (Lipinski definition) is 1. The van der Waals surface area contributed by atoms with Crippen molar-refractivity contribution < 1.29 is 4.79 Å². The molecule has 0 spiro atoms. The third-order valence-electron chi connectivity index (χ3n) is 4.96. The Kier molecular flexibility index (Phi) is 6.56. The van der Waals surface area contributed by atoms with E-state index in [2.05, 4.69) is 15.4 Å². The van der Waals surface area contributed by atoms with Gasteiger partial charge < -0.3 is 5.32 Å². The molecule has 0 aliphatic heterocycles. The first-order valence-corrected chi connectivity index (χ1v) is 11.3. The van der Waals surface area contributed by atoms with Crippen LogP contribution in [0.2, 0.25) is 0 Å². The summed E-state index contributed by atoms with van der Waals surface area (Å²) in [6.45, 7) is 4.35. The molecule has 0 radical (unpaired) electrons. The maximum atomic E-state index is 12.9. The van der Waals surface area contributed by atoms with E-state index in [0.717, 1.165) is 22.4 Å². The molecule has 0 aliphatic rings. The molecule has 32 heavy (non-hydrogen) atoms. The Bertz CT molecular complexity index is 1260. The van der Waals surface area contributed by atoms with E-state index in [4.69, 9.17) is 0 Å². The molecule has 2 aromatic carbocycles. The molecule has 6 nitrogen and oxygen atoms in total. The zero-order valence-corrected chi connectivity index (χ0v) is 18.8. The summed E-state index contributed by atoms with van der Waals surface area (Å²) in [6.07, 6.45) is 0.747. The summed E-state index contributed by atoms with van der Waals surface area (Å²) in [5.41, 5.74) is 3.21. The van der Waals surface area contributed by atoms with Gasteiger partial charge in [0.15, 0.2) is 5.01 Å². The maximum absolute atomic E-state index is 12.9. The lowest BCUT2D eigenvalue weighted by Gasteiger charge is -2.09. The number of carbonyl (C=O) groups is 1. The van der Waals surface area contributed by atoms with E-state index in [-0.39, 0.29) is 17.5 Å². The van der Waals surface area contributed by atoms with Gasteiger partial charge in [0.05, 0.1) is 16.6 Å². The molecule has 0 unspecified atom stereocenters. The van der Waals surface area contributed by atoms with Crippen molar-refractivity contribution in [3.8, 4) is 21.8 Å². The molecular formula is C25H24N4O2S. The highest BCUT2D eigenvalue weighted by molar-refractivity contribution is 7.17. The van der Waals surface area contributed by atoms with Crippen LogP contribution in [0.3, 0.4) is 0 Å². The standard InChI is InChI=1S/C25H24N4O2S/c1-17(2)29-21(30)14-13-20(28-29)23-22(19-11-7-4-8-12-19)27-25(32-23)24(31)26-16-15-18-9-5-3-6-10-18/h3-14,17H,15-16H2,1-2H3,(H,26,31). The van der Waals surface area contributed by atoms with Crippen molar-refractivity contribution in [3.63, 3.8) is 0 Å². The van der Waals surface area contributed by atoms with E-state index in [1.165, 1.54) is 22.1 Å². The number of rotatable bonds is 7. The lowest BCUT2D eigenvalue weighted by atomic mass is 10.1. The van der Waals surface area contributed by atoms with E-state index >= 15 is 0 Å². The van der Waals surface area contributed by atoms with Crippen molar-refractivity contribution in [2.75, 3.05) is 6.54 Å². The van der Waals surface area contributed by atoms with Crippen molar-refractivity contribution in [1.82, 2.24) is 20.1 Å². The van der Waals surface area contributed by atoms with Crippen molar-refractivity contribution in [3.05, 3.63) is 93.7 Å². The molecule has 7 heteroatoms. The SMILES string of the molecule is CC(C)n1nc(-c2sc(C(=O)NCCc3ccccc3)nc2-c2ccccc2)ccc1=O. The van der Waals surface area contributed by atoms with Gasteiger partial charge in [-0.15, -0.1) is 11.3 Å². The molecule has 0 fully saturated rings. The lowest BCUT2D eigenvalue weighted by molar-refractivity contribution is 0.0954. The maximum Gasteiger partial charge on any atom is 0.280 e. The van der Waals surface area contributed by atoms with Crippen molar-refractivity contribution in [1.29, 1.82) is 0 Å². The number of benzene rings is 2. The molecule has 0 saturated heterocycles. The number of hydrogen-bond acceptors (Lipinski definition) is 5. The predicted octanol–water partition coefficient (Wildman–Crippen LogP) is 4.59. The number of nitrogens with one attached hydrogen (secondary N) is 1. The monoisotopic (exact) mass is 444 g/mol. The van der Waals surface area contributed by atoms with Gasteiger partial charge in [-0.05, 0) is 31.9 Å². The topological polar surface area (TPSA) is 76.9 Å². The van der Waals surface area contributed by atoms with Gasteiger partial charge in [0.2, 0.25) is 0 Å².